The van der Waals surface area contributed by atoms with Crippen LogP contribution in [0.3, 0.4) is 0 Å². The Labute approximate surface area is 195 Å². The molecule has 1 heterocycles. The van der Waals surface area contributed by atoms with E-state index in [9.17, 15) is 9.59 Å². The number of ether oxygens (including phenoxy) is 2. The van der Waals surface area contributed by atoms with Crippen molar-refractivity contribution in [2.75, 3.05) is 24.7 Å². The number of rotatable bonds is 8. The fraction of sp³-hybridized carbons (Fsp3) is 0.348. The molecule has 2 amide bonds. The summed E-state index contributed by atoms with van der Waals surface area (Å²) in [7, 11) is 0. The van der Waals surface area contributed by atoms with Crippen LogP contribution in [-0.2, 0) is 9.59 Å². The molecule has 0 saturated carbocycles. The van der Waals surface area contributed by atoms with Crippen LogP contribution in [0.1, 0.15) is 31.4 Å². The molecule has 1 saturated heterocycles. The number of amides is 2. The predicted molar refractivity (Wildman–Crippen MR) is 129 cm³/mol. The van der Waals surface area contributed by atoms with E-state index >= 15 is 0 Å². The van der Waals surface area contributed by atoms with Crippen LogP contribution in [0.4, 0.5) is 5.69 Å². The third-order valence-corrected chi connectivity index (χ3v) is 5.65. The molecule has 1 aliphatic rings. The largest absolute Gasteiger partial charge is 0.490 e. The number of nitrogens with zero attached hydrogens (tertiary/aromatic N) is 2. The number of halogens is 1. The van der Waals surface area contributed by atoms with Crippen LogP contribution in [0.2, 0.25) is 0 Å². The van der Waals surface area contributed by atoms with Gasteiger partial charge < -0.3 is 14.4 Å². The van der Waals surface area contributed by atoms with E-state index in [1.165, 1.54) is 0 Å². The topological polar surface area (TPSA) is 80.2 Å². The molecule has 2 aromatic carbocycles. The number of carbonyl (C=O) groups excluding carboxylic acids is 2. The second-order valence-corrected chi connectivity index (χ2v) is 8.33. The Kier molecular flexibility index (Phi) is 7.89. The van der Waals surface area contributed by atoms with Gasteiger partial charge in [-0.1, -0.05) is 17.7 Å². The van der Waals surface area contributed by atoms with E-state index in [0.717, 1.165) is 20.4 Å². The van der Waals surface area contributed by atoms with E-state index in [2.05, 4.69) is 33.1 Å². The van der Waals surface area contributed by atoms with Gasteiger partial charge >= 0.3 is 0 Å². The van der Waals surface area contributed by atoms with Gasteiger partial charge in [0.05, 0.1) is 28.9 Å². The summed E-state index contributed by atoms with van der Waals surface area (Å²) in [5.74, 6) is 0.566. The van der Waals surface area contributed by atoms with E-state index in [-0.39, 0.29) is 18.2 Å². The Morgan fingerprint density at radius 3 is 2.61 bits per heavy atom. The molecule has 0 spiro atoms. The maximum Gasteiger partial charge on any atom is 0.245 e. The molecule has 7 nitrogen and oxygen atoms in total. The molecule has 0 radical (unpaired) electrons. The van der Waals surface area contributed by atoms with Crippen molar-refractivity contribution in [3.63, 3.8) is 0 Å². The van der Waals surface area contributed by atoms with Crippen molar-refractivity contribution in [2.45, 2.75) is 27.2 Å². The number of aryl methyl sites for hydroxylation is 1. The Morgan fingerprint density at radius 1 is 1.23 bits per heavy atom. The first-order valence-electron chi connectivity index (χ1n) is 10.2. The predicted octanol–water partition coefficient (Wildman–Crippen LogP) is 3.90. The molecular weight excluding hydrogens is 509 g/mol. The lowest BCUT2D eigenvalue weighted by molar-refractivity contribution is -0.126. The molecule has 1 fully saturated rings. The first-order valence-corrected chi connectivity index (χ1v) is 11.3. The average molecular weight is 535 g/mol. The van der Waals surface area contributed by atoms with Crippen molar-refractivity contribution in [3.05, 3.63) is 51.1 Å². The quantitative estimate of drug-likeness (QED) is 0.316. The van der Waals surface area contributed by atoms with Gasteiger partial charge in [0.15, 0.2) is 11.5 Å². The molecule has 8 heteroatoms. The third kappa shape index (κ3) is 5.75. The smallest absolute Gasteiger partial charge is 0.245 e. The lowest BCUT2D eigenvalue weighted by atomic mass is 10.1. The molecule has 2 aromatic rings. The van der Waals surface area contributed by atoms with E-state index in [0.29, 0.717) is 31.3 Å². The fourth-order valence-corrected chi connectivity index (χ4v) is 4.11. The fourth-order valence-electron chi connectivity index (χ4n) is 3.33. The monoisotopic (exact) mass is 535 g/mol. The molecule has 0 aromatic heterocycles. The zero-order valence-electron chi connectivity index (χ0n) is 17.9. The number of carbonyl (C=O) groups is 2. The number of anilines is 1. The van der Waals surface area contributed by atoms with Gasteiger partial charge in [0.2, 0.25) is 11.8 Å². The molecule has 0 aliphatic carbocycles. The number of nitrogens with one attached hydrogen (secondary N) is 1. The van der Waals surface area contributed by atoms with Crippen LogP contribution in [0.25, 0.3) is 0 Å². The minimum Gasteiger partial charge on any atom is -0.490 e. The van der Waals surface area contributed by atoms with Gasteiger partial charge in [-0.05, 0) is 73.2 Å². The molecular formula is C23H26IN3O4. The highest BCUT2D eigenvalue weighted by atomic mass is 127. The van der Waals surface area contributed by atoms with Gasteiger partial charge in [-0.15, -0.1) is 0 Å². The van der Waals surface area contributed by atoms with Gasteiger partial charge in [0.25, 0.3) is 0 Å². The summed E-state index contributed by atoms with van der Waals surface area (Å²) < 4.78 is 12.2. The van der Waals surface area contributed by atoms with Crippen LogP contribution in [0.5, 0.6) is 11.5 Å². The summed E-state index contributed by atoms with van der Waals surface area (Å²) in [6.45, 7) is 7.22. The summed E-state index contributed by atoms with van der Waals surface area (Å²) in [4.78, 5) is 26.6. The summed E-state index contributed by atoms with van der Waals surface area (Å²) in [6.07, 6.45) is 1.73. The van der Waals surface area contributed by atoms with Crippen molar-refractivity contribution >= 4 is 46.3 Å². The van der Waals surface area contributed by atoms with Crippen LogP contribution in [-0.4, -0.2) is 37.8 Å². The Hall–Kier alpha value is -2.62. The number of hydrazone groups is 1. The second kappa shape index (κ2) is 10.6. The highest BCUT2D eigenvalue weighted by Crippen LogP contribution is 2.34. The molecule has 1 aliphatic heterocycles. The van der Waals surface area contributed by atoms with E-state index in [1.807, 2.05) is 57.2 Å². The van der Waals surface area contributed by atoms with Gasteiger partial charge in [-0.2, -0.15) is 5.10 Å². The normalized spacial score (nSPS) is 16.1. The molecule has 1 N–H and O–H groups in total. The minimum atomic E-state index is -0.439. The van der Waals surface area contributed by atoms with Crippen molar-refractivity contribution in [1.82, 2.24) is 5.43 Å². The highest BCUT2D eigenvalue weighted by Gasteiger charge is 2.35. The molecule has 0 bridgehead atoms. The highest BCUT2D eigenvalue weighted by molar-refractivity contribution is 14.1. The molecule has 0 unspecified atom stereocenters. The average Bonchev–Trinajstić information content (AvgIpc) is 3.13. The van der Waals surface area contributed by atoms with Gasteiger partial charge in [-0.25, -0.2) is 5.43 Å². The summed E-state index contributed by atoms with van der Waals surface area (Å²) in [5.41, 5.74) is 5.27. The molecule has 164 valence electrons. The second-order valence-electron chi connectivity index (χ2n) is 7.17. The zero-order valence-corrected chi connectivity index (χ0v) is 20.0. The zero-order chi connectivity index (χ0) is 22.4. The minimum absolute atomic E-state index is 0.0598. The summed E-state index contributed by atoms with van der Waals surface area (Å²) >= 11 is 2.19. The van der Waals surface area contributed by atoms with Gasteiger partial charge in [-0.3, -0.25) is 9.59 Å². The SMILES string of the molecule is CCOc1cc(/C=N/NC(=O)[C@@H]2CC(=O)N(c3ccc(C)cc3)C2)cc(I)c1OCC. The van der Waals surface area contributed by atoms with E-state index < -0.39 is 5.92 Å². The first-order chi connectivity index (χ1) is 14.9. The lowest BCUT2D eigenvalue weighted by Gasteiger charge is -2.16. The van der Waals surface area contributed by atoms with Gasteiger partial charge in [0, 0.05) is 18.7 Å². The maximum atomic E-state index is 12.5. The van der Waals surface area contributed by atoms with Crippen LogP contribution in [0, 0.1) is 16.4 Å². The number of benzene rings is 2. The maximum absolute atomic E-state index is 12.5. The van der Waals surface area contributed by atoms with Crippen LogP contribution >= 0.6 is 22.6 Å². The first kappa shape index (κ1) is 23.1. The van der Waals surface area contributed by atoms with Crippen molar-refractivity contribution < 1.29 is 19.1 Å². The molecule has 31 heavy (non-hydrogen) atoms. The van der Waals surface area contributed by atoms with Crippen LogP contribution in [0.15, 0.2) is 41.5 Å². The Bertz CT molecular complexity index is 976. The van der Waals surface area contributed by atoms with Crippen molar-refractivity contribution in [3.8, 4) is 11.5 Å². The summed E-state index contributed by atoms with van der Waals surface area (Å²) in [6, 6.07) is 11.4. The van der Waals surface area contributed by atoms with Crippen LogP contribution < -0.4 is 19.8 Å². The Morgan fingerprint density at radius 2 is 1.94 bits per heavy atom. The number of hydrogen-bond donors (Lipinski definition) is 1. The van der Waals surface area contributed by atoms with E-state index in [4.69, 9.17) is 9.47 Å². The molecule has 1 atom stereocenters. The molecule has 3 rings (SSSR count). The summed E-state index contributed by atoms with van der Waals surface area (Å²) in [5, 5.41) is 4.08. The van der Waals surface area contributed by atoms with Crippen molar-refractivity contribution in [2.24, 2.45) is 11.0 Å². The lowest BCUT2D eigenvalue weighted by Crippen LogP contribution is -2.30. The van der Waals surface area contributed by atoms with Crippen molar-refractivity contribution in [1.29, 1.82) is 0 Å². The van der Waals surface area contributed by atoms with E-state index in [1.54, 1.807) is 11.1 Å². The Balaban J connectivity index is 1.64. The standard InChI is InChI=1S/C23H26IN3O4/c1-4-30-20-11-16(10-19(24)22(20)31-5-2)13-25-26-23(29)17-12-21(28)27(14-17)18-8-6-15(3)7-9-18/h6-11,13,17H,4-5,12,14H2,1-3H3,(H,26,29)/b25-13+/t17-/m1/s1. The van der Waals surface area contributed by atoms with Gasteiger partial charge in [0.1, 0.15) is 0 Å². The number of hydrogen-bond acceptors (Lipinski definition) is 5. The third-order valence-electron chi connectivity index (χ3n) is 4.85.